The lowest BCUT2D eigenvalue weighted by Crippen LogP contribution is -2.42. The lowest BCUT2D eigenvalue weighted by atomic mass is 10.2. The Bertz CT molecular complexity index is 686. The second kappa shape index (κ2) is 6.82. The molecule has 0 aromatic carbocycles. The summed E-state index contributed by atoms with van der Waals surface area (Å²) in [5, 5.41) is 7.14. The van der Waals surface area contributed by atoms with Crippen LogP contribution in [0.4, 0.5) is 0 Å². The van der Waals surface area contributed by atoms with E-state index >= 15 is 0 Å². The standard InChI is InChI=1S/C15H20N6O2/c1-3-4-13-18-14(20-19-13)12-8-21(5-6-23-12)15(22)11-7-16-9-17-10(11)2/h7,9,12H,3-6,8H2,1-2H3,(H,18,19,20)/t12-/m1/s1. The van der Waals surface area contributed by atoms with Crippen LogP contribution >= 0.6 is 0 Å². The zero-order valence-electron chi connectivity index (χ0n) is 13.3. The topological polar surface area (TPSA) is 96.9 Å². The predicted molar refractivity (Wildman–Crippen MR) is 81.7 cm³/mol. The van der Waals surface area contributed by atoms with Crippen molar-refractivity contribution < 1.29 is 9.53 Å². The van der Waals surface area contributed by atoms with E-state index in [-0.39, 0.29) is 12.0 Å². The molecule has 1 atom stereocenters. The third-order valence-electron chi connectivity index (χ3n) is 3.82. The average Bonchev–Trinajstić information content (AvgIpc) is 3.04. The number of aromatic amines is 1. The summed E-state index contributed by atoms with van der Waals surface area (Å²) in [5.74, 6) is 1.37. The molecule has 2 aromatic rings. The molecule has 3 heterocycles. The van der Waals surface area contributed by atoms with Crippen molar-refractivity contribution in [3.05, 3.63) is 35.4 Å². The Hall–Kier alpha value is -2.35. The first kappa shape index (κ1) is 15.5. The average molecular weight is 316 g/mol. The van der Waals surface area contributed by atoms with Crippen LogP contribution in [0.25, 0.3) is 0 Å². The highest BCUT2D eigenvalue weighted by Gasteiger charge is 2.29. The third kappa shape index (κ3) is 3.37. The van der Waals surface area contributed by atoms with Gasteiger partial charge in [0.05, 0.1) is 24.4 Å². The van der Waals surface area contributed by atoms with Gasteiger partial charge in [0.15, 0.2) is 5.82 Å². The van der Waals surface area contributed by atoms with E-state index in [1.54, 1.807) is 18.0 Å². The Labute approximate surface area is 134 Å². The molecule has 2 aromatic heterocycles. The van der Waals surface area contributed by atoms with Gasteiger partial charge in [-0.3, -0.25) is 9.89 Å². The Morgan fingerprint density at radius 2 is 2.39 bits per heavy atom. The van der Waals surface area contributed by atoms with E-state index < -0.39 is 0 Å². The fourth-order valence-corrected chi connectivity index (χ4v) is 2.56. The molecule has 3 rings (SSSR count). The van der Waals surface area contributed by atoms with Gasteiger partial charge in [-0.2, -0.15) is 5.10 Å². The highest BCUT2D eigenvalue weighted by Crippen LogP contribution is 2.21. The SMILES string of the molecule is CCCc1nc([C@H]2CN(C(=O)c3cncnc3C)CCO2)n[nH]1. The van der Waals surface area contributed by atoms with Crippen molar-refractivity contribution in [3.8, 4) is 0 Å². The Balaban J connectivity index is 1.72. The molecule has 1 fully saturated rings. The van der Waals surface area contributed by atoms with E-state index in [1.807, 2.05) is 0 Å². The molecule has 1 aliphatic rings. The van der Waals surface area contributed by atoms with Crippen LogP contribution < -0.4 is 0 Å². The highest BCUT2D eigenvalue weighted by molar-refractivity contribution is 5.94. The maximum absolute atomic E-state index is 12.6. The first-order valence-electron chi connectivity index (χ1n) is 7.77. The minimum Gasteiger partial charge on any atom is -0.366 e. The van der Waals surface area contributed by atoms with Crippen molar-refractivity contribution >= 4 is 5.91 Å². The molecule has 0 unspecified atom stereocenters. The number of hydrogen-bond donors (Lipinski definition) is 1. The minimum absolute atomic E-state index is 0.0827. The first-order valence-corrected chi connectivity index (χ1v) is 7.77. The van der Waals surface area contributed by atoms with Gasteiger partial charge in [0.2, 0.25) is 0 Å². The third-order valence-corrected chi connectivity index (χ3v) is 3.82. The number of hydrogen-bond acceptors (Lipinski definition) is 6. The van der Waals surface area contributed by atoms with Gasteiger partial charge in [0.1, 0.15) is 18.3 Å². The van der Waals surface area contributed by atoms with Crippen LogP contribution in [0.15, 0.2) is 12.5 Å². The molecule has 8 heteroatoms. The molecule has 0 aliphatic carbocycles. The molecule has 1 aliphatic heterocycles. The van der Waals surface area contributed by atoms with Crippen molar-refractivity contribution in [2.75, 3.05) is 19.7 Å². The Morgan fingerprint density at radius 1 is 1.52 bits per heavy atom. The zero-order valence-corrected chi connectivity index (χ0v) is 13.3. The van der Waals surface area contributed by atoms with Crippen molar-refractivity contribution in [2.24, 2.45) is 0 Å². The number of aromatic nitrogens is 5. The van der Waals surface area contributed by atoms with Crippen LogP contribution in [-0.2, 0) is 11.2 Å². The monoisotopic (exact) mass is 316 g/mol. The van der Waals surface area contributed by atoms with Gasteiger partial charge >= 0.3 is 0 Å². The molecule has 0 radical (unpaired) electrons. The Morgan fingerprint density at radius 3 is 3.17 bits per heavy atom. The first-order chi connectivity index (χ1) is 11.2. The van der Waals surface area contributed by atoms with Gasteiger partial charge < -0.3 is 9.64 Å². The fourth-order valence-electron chi connectivity index (χ4n) is 2.56. The maximum atomic E-state index is 12.6. The normalized spacial score (nSPS) is 18.2. The number of morpholine rings is 1. The second-order valence-electron chi connectivity index (χ2n) is 5.52. The smallest absolute Gasteiger partial charge is 0.257 e. The van der Waals surface area contributed by atoms with E-state index in [9.17, 15) is 4.79 Å². The van der Waals surface area contributed by atoms with E-state index in [1.165, 1.54) is 6.33 Å². The molecule has 8 nitrogen and oxygen atoms in total. The molecule has 0 saturated carbocycles. The summed E-state index contributed by atoms with van der Waals surface area (Å²) in [7, 11) is 0. The number of amides is 1. The van der Waals surface area contributed by atoms with Crippen LogP contribution in [0, 0.1) is 6.92 Å². The molecular weight excluding hydrogens is 296 g/mol. The molecule has 122 valence electrons. The predicted octanol–water partition coefficient (Wildman–Crippen LogP) is 1.07. The molecular formula is C15H20N6O2. The number of nitrogens with one attached hydrogen (secondary N) is 1. The van der Waals surface area contributed by atoms with E-state index in [0.717, 1.165) is 18.7 Å². The number of carbonyl (C=O) groups excluding carboxylic acids is 1. The van der Waals surface area contributed by atoms with E-state index in [0.29, 0.717) is 36.8 Å². The van der Waals surface area contributed by atoms with Crippen molar-refractivity contribution in [3.63, 3.8) is 0 Å². The molecule has 23 heavy (non-hydrogen) atoms. The molecule has 1 N–H and O–H groups in total. The fraction of sp³-hybridized carbons (Fsp3) is 0.533. The molecule has 1 saturated heterocycles. The van der Waals surface area contributed by atoms with Gasteiger partial charge in [0, 0.05) is 19.2 Å². The summed E-state index contributed by atoms with van der Waals surface area (Å²) in [6.07, 6.45) is 4.54. The molecule has 0 bridgehead atoms. The van der Waals surface area contributed by atoms with Crippen molar-refractivity contribution in [2.45, 2.75) is 32.8 Å². The van der Waals surface area contributed by atoms with Crippen molar-refractivity contribution in [1.82, 2.24) is 30.0 Å². The summed E-state index contributed by atoms with van der Waals surface area (Å²) in [6.45, 7) is 5.32. The number of aryl methyl sites for hydroxylation is 2. The number of ether oxygens (including phenoxy) is 1. The van der Waals surface area contributed by atoms with Crippen LogP contribution in [-0.4, -0.2) is 55.7 Å². The number of H-pyrrole nitrogens is 1. The van der Waals surface area contributed by atoms with E-state index in [2.05, 4.69) is 32.1 Å². The quantitative estimate of drug-likeness (QED) is 0.906. The van der Waals surface area contributed by atoms with Crippen molar-refractivity contribution in [1.29, 1.82) is 0 Å². The van der Waals surface area contributed by atoms with Crippen LogP contribution in [0.3, 0.4) is 0 Å². The largest absolute Gasteiger partial charge is 0.366 e. The van der Waals surface area contributed by atoms with Gasteiger partial charge in [-0.05, 0) is 13.3 Å². The van der Waals surface area contributed by atoms with Gasteiger partial charge in [0.25, 0.3) is 5.91 Å². The van der Waals surface area contributed by atoms with Crippen LogP contribution in [0.5, 0.6) is 0 Å². The number of nitrogens with zero attached hydrogens (tertiary/aromatic N) is 5. The number of carbonyl (C=O) groups is 1. The maximum Gasteiger partial charge on any atom is 0.257 e. The highest BCUT2D eigenvalue weighted by atomic mass is 16.5. The second-order valence-corrected chi connectivity index (χ2v) is 5.52. The lowest BCUT2D eigenvalue weighted by molar-refractivity contribution is -0.0267. The minimum atomic E-state index is -0.306. The summed E-state index contributed by atoms with van der Waals surface area (Å²) in [6, 6.07) is 0. The molecule has 0 spiro atoms. The summed E-state index contributed by atoms with van der Waals surface area (Å²) >= 11 is 0. The van der Waals surface area contributed by atoms with Gasteiger partial charge in [-0.25, -0.2) is 15.0 Å². The summed E-state index contributed by atoms with van der Waals surface area (Å²) in [5.41, 5.74) is 1.20. The lowest BCUT2D eigenvalue weighted by Gasteiger charge is -2.31. The van der Waals surface area contributed by atoms with Gasteiger partial charge in [-0.1, -0.05) is 6.92 Å². The van der Waals surface area contributed by atoms with E-state index in [4.69, 9.17) is 4.74 Å². The zero-order chi connectivity index (χ0) is 16.2. The molecule has 1 amide bonds. The van der Waals surface area contributed by atoms with Crippen LogP contribution in [0.1, 0.15) is 47.1 Å². The van der Waals surface area contributed by atoms with Gasteiger partial charge in [-0.15, -0.1) is 0 Å². The summed E-state index contributed by atoms with van der Waals surface area (Å²) in [4.78, 5) is 26.9. The number of rotatable bonds is 4. The Kier molecular flexibility index (Phi) is 4.61. The van der Waals surface area contributed by atoms with Crippen LogP contribution in [0.2, 0.25) is 0 Å². The summed E-state index contributed by atoms with van der Waals surface area (Å²) < 4.78 is 5.73.